The standard InChI is InChI=1S/C32H26ClF3N8O3/c1-17-3-2-4-27(25-11-18(9-10-38-25)21-7-5-19(30(37)46)12-24(21)40-31(17)47)43-16-39-23(14-29(43)45)22-13-20(33)6-8-26(22)44-15-28(41-42-44)32(34,35)36/h5-17,27H,2-4H2,1H3,(H2,37,46)(H,40,47)/t17-,27+/m1/s1. The summed E-state index contributed by atoms with van der Waals surface area (Å²) in [5.74, 6) is -1.25. The Morgan fingerprint density at radius 1 is 1.02 bits per heavy atom. The Morgan fingerprint density at radius 2 is 1.83 bits per heavy atom. The molecule has 0 spiro atoms. The number of nitrogens with zero attached hydrogens (tertiary/aromatic N) is 6. The first-order chi connectivity index (χ1) is 22.4. The third kappa shape index (κ3) is 6.49. The van der Waals surface area contributed by atoms with E-state index < -0.39 is 29.4 Å². The number of anilines is 1. The molecular formula is C32H26ClF3N8O3. The molecule has 0 saturated carbocycles. The molecule has 1 aliphatic heterocycles. The molecular weight excluding hydrogens is 637 g/mol. The third-order valence-corrected chi connectivity index (χ3v) is 8.23. The number of halogens is 4. The second-order valence-corrected chi connectivity index (χ2v) is 11.6. The minimum absolute atomic E-state index is 0.159. The maximum Gasteiger partial charge on any atom is 0.436 e. The van der Waals surface area contributed by atoms with Gasteiger partial charge >= 0.3 is 6.18 Å². The van der Waals surface area contributed by atoms with Crippen LogP contribution in [0.25, 0.3) is 28.1 Å². The fourth-order valence-corrected chi connectivity index (χ4v) is 5.67. The van der Waals surface area contributed by atoms with Gasteiger partial charge in [-0.1, -0.05) is 36.2 Å². The van der Waals surface area contributed by atoms with E-state index in [1.54, 1.807) is 31.3 Å². The molecule has 4 heterocycles. The molecule has 2 atom stereocenters. The minimum atomic E-state index is -4.70. The highest BCUT2D eigenvalue weighted by atomic mass is 35.5. The number of primary amides is 1. The number of aromatic nitrogens is 6. The number of nitrogens with one attached hydrogen (secondary N) is 1. The van der Waals surface area contributed by atoms with Crippen LogP contribution in [0.2, 0.25) is 5.02 Å². The van der Waals surface area contributed by atoms with Crippen LogP contribution in [0.1, 0.15) is 54.0 Å². The third-order valence-electron chi connectivity index (χ3n) is 7.99. The average Bonchev–Trinajstić information content (AvgIpc) is 3.54. The van der Waals surface area contributed by atoms with Crippen LogP contribution < -0.4 is 16.6 Å². The van der Waals surface area contributed by atoms with E-state index in [-0.39, 0.29) is 39.4 Å². The van der Waals surface area contributed by atoms with E-state index in [1.807, 2.05) is 6.07 Å². The van der Waals surface area contributed by atoms with E-state index in [9.17, 15) is 27.6 Å². The first kappa shape index (κ1) is 31.6. The molecule has 2 aromatic carbocycles. The lowest BCUT2D eigenvalue weighted by Crippen LogP contribution is -2.27. The summed E-state index contributed by atoms with van der Waals surface area (Å²) in [6, 6.07) is 13.5. The second-order valence-electron chi connectivity index (χ2n) is 11.2. The number of fused-ring (bicyclic) bond motifs is 4. The molecule has 47 heavy (non-hydrogen) atoms. The molecule has 6 rings (SSSR count). The van der Waals surface area contributed by atoms with E-state index in [0.29, 0.717) is 41.8 Å². The first-order valence-corrected chi connectivity index (χ1v) is 14.9. The number of alkyl halides is 3. The van der Waals surface area contributed by atoms with Crippen LogP contribution in [0.3, 0.4) is 0 Å². The number of benzene rings is 2. The largest absolute Gasteiger partial charge is 0.436 e. The summed E-state index contributed by atoms with van der Waals surface area (Å²) in [4.78, 5) is 47.8. The normalized spacial score (nSPS) is 16.8. The molecule has 3 N–H and O–H groups in total. The van der Waals surface area contributed by atoms with E-state index in [1.165, 1.54) is 41.2 Å². The molecule has 1 aliphatic rings. The van der Waals surface area contributed by atoms with Gasteiger partial charge < -0.3 is 11.1 Å². The molecule has 15 heteroatoms. The number of hydrogen-bond acceptors (Lipinski definition) is 7. The van der Waals surface area contributed by atoms with Crippen molar-refractivity contribution in [2.45, 2.75) is 38.4 Å². The smallest absolute Gasteiger partial charge is 0.366 e. The molecule has 0 saturated heterocycles. The van der Waals surface area contributed by atoms with Gasteiger partial charge in [0, 0.05) is 45.6 Å². The quantitative estimate of drug-likeness (QED) is 0.252. The minimum Gasteiger partial charge on any atom is -0.366 e. The lowest BCUT2D eigenvalue weighted by molar-refractivity contribution is -0.141. The Balaban J connectivity index is 1.42. The zero-order valence-electron chi connectivity index (χ0n) is 24.7. The van der Waals surface area contributed by atoms with Crippen LogP contribution in [0.15, 0.2) is 78.1 Å². The molecule has 0 radical (unpaired) electrons. The molecule has 0 fully saturated rings. The molecule has 5 aromatic rings. The van der Waals surface area contributed by atoms with Crippen LogP contribution in [0.5, 0.6) is 0 Å². The fraction of sp³-hybridized carbons (Fsp3) is 0.219. The van der Waals surface area contributed by atoms with Crippen molar-refractivity contribution in [3.05, 3.63) is 106 Å². The number of amides is 2. The van der Waals surface area contributed by atoms with E-state index in [0.717, 1.165) is 10.9 Å². The molecule has 0 unspecified atom stereocenters. The molecule has 0 aliphatic carbocycles. The number of hydrogen-bond donors (Lipinski definition) is 2. The van der Waals surface area contributed by atoms with E-state index in [4.69, 9.17) is 17.3 Å². The Labute approximate surface area is 270 Å². The van der Waals surface area contributed by atoms with Crippen LogP contribution >= 0.6 is 11.6 Å². The van der Waals surface area contributed by atoms with Gasteiger partial charge in [0.25, 0.3) is 5.56 Å². The Kier molecular flexibility index (Phi) is 8.36. The predicted octanol–water partition coefficient (Wildman–Crippen LogP) is 5.67. The van der Waals surface area contributed by atoms with Gasteiger partial charge in [0.1, 0.15) is 0 Å². The van der Waals surface area contributed by atoms with Crippen LogP contribution in [-0.4, -0.2) is 41.3 Å². The maximum absolute atomic E-state index is 13.7. The summed E-state index contributed by atoms with van der Waals surface area (Å²) in [7, 11) is 0. The zero-order valence-corrected chi connectivity index (χ0v) is 25.5. The van der Waals surface area contributed by atoms with Gasteiger partial charge in [-0.15, -0.1) is 5.10 Å². The summed E-state index contributed by atoms with van der Waals surface area (Å²) >= 11 is 6.24. The summed E-state index contributed by atoms with van der Waals surface area (Å²) in [6.45, 7) is 1.79. The van der Waals surface area contributed by atoms with Gasteiger partial charge in [0.05, 0.1) is 35.6 Å². The highest BCUT2D eigenvalue weighted by molar-refractivity contribution is 6.31. The first-order valence-electron chi connectivity index (χ1n) is 14.5. The van der Waals surface area contributed by atoms with Crippen molar-refractivity contribution in [1.82, 2.24) is 29.5 Å². The van der Waals surface area contributed by atoms with Gasteiger partial charge in [0.2, 0.25) is 11.8 Å². The molecule has 2 bridgehead atoms. The summed E-state index contributed by atoms with van der Waals surface area (Å²) in [6.07, 6.45) is 0.502. The SMILES string of the molecule is C[C@@H]1CCC[C@H](n2cnc(-c3cc(Cl)ccc3-n3cc(C(F)(F)F)nn3)cc2=O)c2cc(ccn2)-c2ccc(C(N)=O)cc2NC1=O. The average molecular weight is 663 g/mol. The maximum atomic E-state index is 13.7. The Bertz CT molecular complexity index is 2080. The van der Waals surface area contributed by atoms with Gasteiger partial charge in [-0.25, -0.2) is 9.67 Å². The topological polar surface area (TPSA) is 151 Å². The van der Waals surface area contributed by atoms with Crippen molar-refractivity contribution in [1.29, 1.82) is 0 Å². The van der Waals surface area contributed by atoms with Crippen molar-refractivity contribution in [2.75, 3.05) is 5.32 Å². The number of carbonyl (C=O) groups excluding carboxylic acids is 2. The predicted molar refractivity (Wildman–Crippen MR) is 167 cm³/mol. The number of pyridine rings is 1. The number of nitrogens with two attached hydrogens (primary N) is 1. The summed E-state index contributed by atoms with van der Waals surface area (Å²) in [5, 5.41) is 10.0. The van der Waals surface area contributed by atoms with Crippen LogP contribution in [-0.2, 0) is 11.0 Å². The highest BCUT2D eigenvalue weighted by Crippen LogP contribution is 2.34. The highest BCUT2D eigenvalue weighted by Gasteiger charge is 2.35. The fourth-order valence-electron chi connectivity index (χ4n) is 5.50. The second kappa shape index (κ2) is 12.4. The number of rotatable bonds is 4. The van der Waals surface area contributed by atoms with Gasteiger partial charge in [0.15, 0.2) is 5.69 Å². The van der Waals surface area contributed by atoms with Crippen LogP contribution in [0, 0.1) is 5.92 Å². The summed E-state index contributed by atoms with van der Waals surface area (Å²) < 4.78 is 42.1. The van der Waals surface area contributed by atoms with Gasteiger partial charge in [-0.2, -0.15) is 13.2 Å². The van der Waals surface area contributed by atoms with Crippen LogP contribution in [0.4, 0.5) is 18.9 Å². The molecule has 240 valence electrons. The zero-order chi connectivity index (χ0) is 33.5. The lowest BCUT2D eigenvalue weighted by Gasteiger charge is -2.23. The monoisotopic (exact) mass is 662 g/mol. The van der Waals surface area contributed by atoms with Crippen molar-refractivity contribution in [2.24, 2.45) is 11.7 Å². The summed E-state index contributed by atoms with van der Waals surface area (Å²) in [5.41, 5.74) is 7.03. The van der Waals surface area contributed by atoms with Gasteiger partial charge in [-0.05, 0) is 60.9 Å². The van der Waals surface area contributed by atoms with E-state index >= 15 is 0 Å². The van der Waals surface area contributed by atoms with E-state index in [2.05, 4.69) is 25.6 Å². The van der Waals surface area contributed by atoms with Crippen molar-refractivity contribution in [3.8, 4) is 28.1 Å². The van der Waals surface area contributed by atoms with Crippen molar-refractivity contribution in [3.63, 3.8) is 0 Å². The lowest BCUT2D eigenvalue weighted by atomic mass is 9.95. The molecule has 3 aromatic heterocycles. The van der Waals surface area contributed by atoms with Gasteiger partial charge in [-0.3, -0.25) is 23.9 Å². The Hall–Kier alpha value is -5.37. The Morgan fingerprint density at radius 3 is 2.55 bits per heavy atom. The number of carbonyl (C=O) groups is 2. The van der Waals surface area contributed by atoms with Crippen molar-refractivity contribution < 1.29 is 22.8 Å². The molecule has 2 amide bonds. The molecule has 11 nitrogen and oxygen atoms in total. The van der Waals surface area contributed by atoms with Crippen molar-refractivity contribution >= 4 is 29.1 Å².